The van der Waals surface area contributed by atoms with Crippen LogP contribution in [0.5, 0.6) is 0 Å². The first kappa shape index (κ1) is 11.6. The second kappa shape index (κ2) is 4.95. The Bertz CT molecular complexity index is 468. The van der Waals surface area contributed by atoms with Gasteiger partial charge in [0, 0.05) is 0 Å². The van der Waals surface area contributed by atoms with Gasteiger partial charge in [0.15, 0.2) is 5.01 Å². The van der Waals surface area contributed by atoms with Crippen LogP contribution in [0.2, 0.25) is 5.22 Å². The maximum atomic E-state index is 5.88. The molecule has 2 aromatic heterocycles. The molecular formula is C10H12ClN3OS. The van der Waals surface area contributed by atoms with Gasteiger partial charge in [-0.05, 0) is 31.1 Å². The van der Waals surface area contributed by atoms with E-state index in [0.29, 0.717) is 5.22 Å². The van der Waals surface area contributed by atoms with Gasteiger partial charge >= 0.3 is 0 Å². The molecule has 0 bridgehead atoms. The van der Waals surface area contributed by atoms with Crippen molar-refractivity contribution in [1.29, 1.82) is 0 Å². The summed E-state index contributed by atoms with van der Waals surface area (Å²) in [5.41, 5.74) is 0.800. The van der Waals surface area contributed by atoms with E-state index in [4.69, 9.17) is 16.0 Å². The van der Waals surface area contributed by atoms with E-state index in [1.165, 1.54) is 11.3 Å². The molecule has 0 fully saturated rings. The number of aromatic nitrogens is 2. The normalized spacial score (nSPS) is 12.9. The molecule has 86 valence electrons. The van der Waals surface area contributed by atoms with E-state index in [9.17, 15) is 0 Å². The van der Waals surface area contributed by atoms with Gasteiger partial charge in [-0.2, -0.15) is 0 Å². The van der Waals surface area contributed by atoms with Crippen LogP contribution in [0.3, 0.4) is 0 Å². The molecule has 16 heavy (non-hydrogen) atoms. The number of hydrogen-bond donors (Lipinski definition) is 1. The van der Waals surface area contributed by atoms with Crippen molar-refractivity contribution in [1.82, 2.24) is 15.5 Å². The van der Waals surface area contributed by atoms with Gasteiger partial charge in [0.05, 0.1) is 17.9 Å². The number of furan rings is 1. The first-order valence-corrected chi connectivity index (χ1v) is 6.22. The molecule has 0 aromatic carbocycles. The van der Waals surface area contributed by atoms with Crippen molar-refractivity contribution in [2.45, 2.75) is 19.9 Å². The van der Waals surface area contributed by atoms with Crippen LogP contribution in [0.4, 0.5) is 0 Å². The van der Waals surface area contributed by atoms with Gasteiger partial charge in [0.1, 0.15) is 5.01 Å². The second-order valence-corrected chi connectivity index (χ2v) is 4.69. The van der Waals surface area contributed by atoms with Crippen LogP contribution in [-0.4, -0.2) is 16.7 Å². The van der Waals surface area contributed by atoms with E-state index in [0.717, 1.165) is 22.1 Å². The third-order valence-corrected chi connectivity index (χ3v) is 3.60. The van der Waals surface area contributed by atoms with Crippen LogP contribution in [0, 0.1) is 0 Å². The van der Waals surface area contributed by atoms with E-state index >= 15 is 0 Å². The summed E-state index contributed by atoms with van der Waals surface area (Å²) in [5.74, 6) is 0. The largest absolute Gasteiger partial charge is 0.452 e. The standard InChI is InChI=1S/C10H12ClN3OS/c1-3-12-6(2)9-13-14-10(16-9)7-4-5-15-8(7)11/h4-6,12H,3H2,1-2H3. The number of halogens is 1. The zero-order chi connectivity index (χ0) is 11.5. The number of nitrogens with one attached hydrogen (secondary N) is 1. The van der Waals surface area contributed by atoms with Crippen molar-refractivity contribution in [2.24, 2.45) is 0 Å². The van der Waals surface area contributed by atoms with E-state index in [1.807, 2.05) is 0 Å². The summed E-state index contributed by atoms with van der Waals surface area (Å²) in [4.78, 5) is 0. The van der Waals surface area contributed by atoms with E-state index < -0.39 is 0 Å². The lowest BCUT2D eigenvalue weighted by Crippen LogP contribution is -2.17. The highest BCUT2D eigenvalue weighted by Crippen LogP contribution is 2.32. The molecule has 0 aliphatic heterocycles. The fourth-order valence-electron chi connectivity index (χ4n) is 1.36. The summed E-state index contributed by atoms with van der Waals surface area (Å²) in [6.07, 6.45) is 1.55. The molecule has 0 spiro atoms. The molecule has 0 aliphatic carbocycles. The Hall–Kier alpha value is -0.910. The van der Waals surface area contributed by atoms with Crippen molar-refractivity contribution in [3.05, 3.63) is 22.6 Å². The summed E-state index contributed by atoms with van der Waals surface area (Å²) in [6, 6.07) is 2.01. The third-order valence-electron chi connectivity index (χ3n) is 2.17. The van der Waals surface area contributed by atoms with Crippen LogP contribution < -0.4 is 5.32 Å². The maximum Gasteiger partial charge on any atom is 0.203 e. The quantitative estimate of drug-likeness (QED) is 0.914. The molecule has 0 radical (unpaired) electrons. The smallest absolute Gasteiger partial charge is 0.203 e. The van der Waals surface area contributed by atoms with E-state index in [-0.39, 0.29) is 6.04 Å². The van der Waals surface area contributed by atoms with Gasteiger partial charge < -0.3 is 9.73 Å². The van der Waals surface area contributed by atoms with Gasteiger partial charge in [-0.3, -0.25) is 0 Å². The Morgan fingerprint density at radius 1 is 1.56 bits per heavy atom. The van der Waals surface area contributed by atoms with Crippen LogP contribution >= 0.6 is 22.9 Å². The lowest BCUT2D eigenvalue weighted by molar-refractivity contribution is 0.570. The number of hydrogen-bond acceptors (Lipinski definition) is 5. The number of rotatable bonds is 4. The van der Waals surface area contributed by atoms with Crippen molar-refractivity contribution >= 4 is 22.9 Å². The summed E-state index contributed by atoms with van der Waals surface area (Å²) < 4.78 is 5.02. The summed E-state index contributed by atoms with van der Waals surface area (Å²) in [6.45, 7) is 5.03. The van der Waals surface area contributed by atoms with E-state index in [1.54, 1.807) is 12.3 Å². The lowest BCUT2D eigenvalue weighted by Gasteiger charge is -2.06. The van der Waals surface area contributed by atoms with Crippen molar-refractivity contribution in [2.75, 3.05) is 6.54 Å². The molecule has 1 atom stereocenters. The summed E-state index contributed by atoms with van der Waals surface area (Å²) in [7, 11) is 0. The molecule has 0 saturated carbocycles. The Balaban J connectivity index is 2.23. The Morgan fingerprint density at radius 3 is 3.00 bits per heavy atom. The fraction of sp³-hybridized carbons (Fsp3) is 0.400. The van der Waals surface area contributed by atoms with Gasteiger partial charge in [-0.1, -0.05) is 18.3 Å². The highest BCUT2D eigenvalue weighted by molar-refractivity contribution is 7.14. The molecule has 0 aliphatic rings. The summed E-state index contributed by atoms with van der Waals surface area (Å²) in [5, 5.41) is 13.6. The van der Waals surface area contributed by atoms with Crippen LogP contribution in [-0.2, 0) is 0 Å². The predicted octanol–water partition coefficient (Wildman–Crippen LogP) is 3.12. The summed E-state index contributed by atoms with van der Waals surface area (Å²) >= 11 is 7.40. The molecule has 4 nitrogen and oxygen atoms in total. The van der Waals surface area contributed by atoms with Gasteiger partial charge in [0.25, 0.3) is 0 Å². The average molecular weight is 258 g/mol. The molecule has 2 rings (SSSR count). The molecular weight excluding hydrogens is 246 g/mol. The number of nitrogens with zero attached hydrogens (tertiary/aromatic N) is 2. The van der Waals surface area contributed by atoms with Gasteiger partial charge in [-0.15, -0.1) is 10.2 Å². The highest BCUT2D eigenvalue weighted by Gasteiger charge is 2.15. The first-order chi connectivity index (χ1) is 7.72. The van der Waals surface area contributed by atoms with Gasteiger partial charge in [-0.25, -0.2) is 0 Å². The minimum atomic E-state index is 0.210. The topological polar surface area (TPSA) is 51.0 Å². The van der Waals surface area contributed by atoms with Crippen molar-refractivity contribution in [3.63, 3.8) is 0 Å². The molecule has 6 heteroatoms. The van der Waals surface area contributed by atoms with Crippen molar-refractivity contribution < 1.29 is 4.42 Å². The predicted molar refractivity (Wildman–Crippen MR) is 64.7 cm³/mol. The van der Waals surface area contributed by atoms with E-state index in [2.05, 4.69) is 29.4 Å². The van der Waals surface area contributed by atoms with Crippen LogP contribution in [0.15, 0.2) is 16.7 Å². The molecule has 2 aromatic rings. The molecule has 0 saturated heterocycles. The Labute approximate surface area is 103 Å². The molecule has 1 N–H and O–H groups in total. The molecule has 1 unspecified atom stereocenters. The first-order valence-electron chi connectivity index (χ1n) is 5.02. The van der Waals surface area contributed by atoms with Crippen LogP contribution in [0.25, 0.3) is 10.6 Å². The zero-order valence-electron chi connectivity index (χ0n) is 9.03. The second-order valence-electron chi connectivity index (χ2n) is 3.33. The van der Waals surface area contributed by atoms with Crippen LogP contribution in [0.1, 0.15) is 24.9 Å². The molecule has 2 heterocycles. The highest BCUT2D eigenvalue weighted by atomic mass is 35.5. The minimum absolute atomic E-state index is 0.210. The molecule has 0 amide bonds. The third kappa shape index (κ3) is 2.26. The van der Waals surface area contributed by atoms with Crippen molar-refractivity contribution in [3.8, 4) is 10.6 Å². The Morgan fingerprint density at radius 2 is 2.38 bits per heavy atom. The maximum absolute atomic E-state index is 5.88. The SMILES string of the molecule is CCNC(C)c1nnc(-c2ccoc2Cl)s1. The zero-order valence-corrected chi connectivity index (χ0v) is 10.6. The Kier molecular flexibility index (Phi) is 3.58. The van der Waals surface area contributed by atoms with Gasteiger partial charge in [0.2, 0.25) is 5.22 Å². The monoisotopic (exact) mass is 257 g/mol. The average Bonchev–Trinajstić information content (AvgIpc) is 2.86. The minimum Gasteiger partial charge on any atom is -0.452 e. The fourth-order valence-corrected chi connectivity index (χ4v) is 2.51. The lowest BCUT2D eigenvalue weighted by atomic mass is 10.3.